The molecule has 1 aromatic heterocycles. The van der Waals surface area contributed by atoms with Crippen LogP contribution in [0.1, 0.15) is 0 Å². The van der Waals surface area contributed by atoms with Gasteiger partial charge < -0.3 is 0 Å². The molecule has 0 unspecified atom stereocenters. The van der Waals surface area contributed by atoms with Gasteiger partial charge in [0.1, 0.15) is 5.21 Å². The molecule has 1 heterocycles. The molecule has 0 bridgehead atoms. The molecule has 0 aliphatic rings. The molecule has 8 heteroatoms. The van der Waals surface area contributed by atoms with Crippen molar-refractivity contribution < 1.29 is 8.42 Å². The maximum absolute atomic E-state index is 10.8. The van der Waals surface area contributed by atoms with E-state index in [2.05, 4.69) is 15.2 Å². The molecule has 0 aromatic carbocycles. The zero-order valence-electron chi connectivity index (χ0n) is 5.81. The van der Waals surface area contributed by atoms with Crippen LogP contribution in [-0.4, -0.2) is 28.8 Å². The number of anilines is 1. The summed E-state index contributed by atoms with van der Waals surface area (Å²) >= 11 is 5.12. The standard InChI is InChI=1S/C4H5ClN4O2S/c5-3-12(10,11)9-4-6-1-2-7-8-4/h1-2H,3H2,(H,6,8,9). The van der Waals surface area contributed by atoms with Crippen molar-refractivity contribution in [1.29, 1.82) is 0 Å². The van der Waals surface area contributed by atoms with Gasteiger partial charge in [0.2, 0.25) is 10.0 Å². The van der Waals surface area contributed by atoms with Gasteiger partial charge in [-0.3, -0.25) is 0 Å². The van der Waals surface area contributed by atoms with Crippen molar-refractivity contribution in [2.24, 2.45) is 0 Å². The smallest absolute Gasteiger partial charge is 0.249 e. The minimum Gasteiger partial charge on any atom is -0.249 e. The van der Waals surface area contributed by atoms with E-state index in [1.54, 1.807) is 0 Å². The molecule has 0 saturated carbocycles. The lowest BCUT2D eigenvalue weighted by molar-refractivity contribution is 0.605. The van der Waals surface area contributed by atoms with Gasteiger partial charge in [-0.25, -0.2) is 18.1 Å². The van der Waals surface area contributed by atoms with Crippen LogP contribution in [0.15, 0.2) is 12.4 Å². The summed E-state index contributed by atoms with van der Waals surface area (Å²) in [5.74, 6) is -0.0850. The Hall–Kier alpha value is -0.950. The summed E-state index contributed by atoms with van der Waals surface area (Å²) < 4.78 is 23.7. The van der Waals surface area contributed by atoms with Gasteiger partial charge in [0.25, 0.3) is 5.95 Å². The number of sulfonamides is 1. The second kappa shape index (κ2) is 3.63. The minimum absolute atomic E-state index is 0.0850. The van der Waals surface area contributed by atoms with E-state index in [9.17, 15) is 8.42 Å². The maximum atomic E-state index is 10.8. The number of alkyl halides is 1. The molecule has 1 aromatic rings. The molecular formula is C4H5ClN4O2S. The topological polar surface area (TPSA) is 84.8 Å². The first kappa shape index (κ1) is 9.14. The highest BCUT2D eigenvalue weighted by Gasteiger charge is 2.08. The van der Waals surface area contributed by atoms with Gasteiger partial charge in [0, 0.05) is 0 Å². The summed E-state index contributed by atoms with van der Waals surface area (Å²) in [7, 11) is -3.52. The Morgan fingerprint density at radius 3 is 2.75 bits per heavy atom. The van der Waals surface area contributed by atoms with Crippen molar-refractivity contribution in [3.05, 3.63) is 12.4 Å². The molecule has 0 fully saturated rings. The lowest BCUT2D eigenvalue weighted by Gasteiger charge is -1.99. The number of nitrogens with one attached hydrogen (secondary N) is 1. The van der Waals surface area contributed by atoms with Crippen LogP contribution in [0, 0.1) is 0 Å². The third-order valence-electron chi connectivity index (χ3n) is 0.873. The van der Waals surface area contributed by atoms with Gasteiger partial charge >= 0.3 is 0 Å². The molecule has 0 amide bonds. The summed E-state index contributed by atoms with van der Waals surface area (Å²) in [4.78, 5) is 3.59. The van der Waals surface area contributed by atoms with E-state index in [4.69, 9.17) is 11.6 Å². The normalized spacial score (nSPS) is 11.1. The third kappa shape index (κ3) is 2.59. The first-order valence-corrected chi connectivity index (χ1v) is 5.03. The molecule has 12 heavy (non-hydrogen) atoms. The molecule has 0 radical (unpaired) electrons. The van der Waals surface area contributed by atoms with E-state index >= 15 is 0 Å². The number of halogens is 1. The minimum atomic E-state index is -3.52. The highest BCUT2D eigenvalue weighted by molar-refractivity contribution is 7.93. The Kier molecular flexibility index (Phi) is 2.77. The van der Waals surface area contributed by atoms with Gasteiger partial charge in [-0.15, -0.1) is 16.7 Å². The molecule has 66 valence electrons. The van der Waals surface area contributed by atoms with E-state index in [1.165, 1.54) is 12.4 Å². The van der Waals surface area contributed by atoms with E-state index in [-0.39, 0.29) is 5.95 Å². The molecule has 0 atom stereocenters. The lowest BCUT2D eigenvalue weighted by Crippen LogP contribution is -2.15. The number of aromatic nitrogens is 3. The molecular weight excluding hydrogens is 204 g/mol. The molecule has 0 aliphatic heterocycles. The summed E-state index contributed by atoms with van der Waals surface area (Å²) in [6.45, 7) is 0. The fourth-order valence-corrected chi connectivity index (χ4v) is 1.05. The number of hydrogen-bond donors (Lipinski definition) is 1. The van der Waals surface area contributed by atoms with E-state index in [1.807, 2.05) is 4.72 Å². The average Bonchev–Trinajstić information content (AvgIpc) is 2.06. The van der Waals surface area contributed by atoms with Crippen molar-refractivity contribution in [2.75, 3.05) is 9.93 Å². The molecule has 0 spiro atoms. The second-order valence-corrected chi connectivity index (χ2v) is 4.10. The van der Waals surface area contributed by atoms with Gasteiger partial charge in [-0.1, -0.05) is 0 Å². The Morgan fingerprint density at radius 2 is 2.25 bits per heavy atom. The molecule has 1 N–H and O–H groups in total. The fraction of sp³-hybridized carbons (Fsp3) is 0.250. The van der Waals surface area contributed by atoms with Crippen molar-refractivity contribution >= 4 is 27.6 Å². The zero-order chi connectivity index (χ0) is 9.03. The summed E-state index contributed by atoms with van der Waals surface area (Å²) in [5.41, 5.74) is 0. The summed E-state index contributed by atoms with van der Waals surface area (Å²) in [6.07, 6.45) is 2.65. The summed E-state index contributed by atoms with van der Waals surface area (Å²) in [5, 5.41) is 6.29. The van der Waals surface area contributed by atoms with Gasteiger partial charge in [-0.2, -0.15) is 5.10 Å². The molecule has 6 nitrogen and oxygen atoms in total. The van der Waals surface area contributed by atoms with Crippen LogP contribution in [0.2, 0.25) is 0 Å². The Labute approximate surface area is 74.0 Å². The van der Waals surface area contributed by atoms with Crippen LogP contribution >= 0.6 is 11.6 Å². The van der Waals surface area contributed by atoms with Gasteiger partial charge in [0.05, 0.1) is 12.4 Å². The quantitative estimate of drug-likeness (QED) is 0.696. The second-order valence-electron chi connectivity index (χ2n) is 1.79. The van der Waals surface area contributed by atoms with Crippen molar-refractivity contribution in [3.63, 3.8) is 0 Å². The predicted octanol–water partition coefficient (Wildman–Crippen LogP) is -0.190. The predicted molar refractivity (Wildman–Crippen MR) is 43.1 cm³/mol. The molecule has 0 aliphatic carbocycles. The van der Waals surface area contributed by atoms with Crippen LogP contribution in [0.4, 0.5) is 5.95 Å². The zero-order valence-corrected chi connectivity index (χ0v) is 7.38. The number of hydrogen-bond acceptors (Lipinski definition) is 5. The SMILES string of the molecule is O=S(=O)(CCl)Nc1nccnn1. The van der Waals surface area contributed by atoms with E-state index < -0.39 is 15.2 Å². The highest BCUT2D eigenvalue weighted by Crippen LogP contribution is 1.98. The fourth-order valence-electron chi connectivity index (χ4n) is 0.461. The first-order valence-electron chi connectivity index (χ1n) is 2.84. The Bertz CT molecular complexity index is 339. The van der Waals surface area contributed by atoms with Gasteiger partial charge in [-0.05, 0) is 0 Å². The first-order chi connectivity index (χ1) is 5.64. The highest BCUT2D eigenvalue weighted by atomic mass is 35.5. The molecule has 1 rings (SSSR count). The van der Waals surface area contributed by atoms with Crippen molar-refractivity contribution in [3.8, 4) is 0 Å². The van der Waals surface area contributed by atoms with Gasteiger partial charge in [0.15, 0.2) is 0 Å². The van der Waals surface area contributed by atoms with Crippen LogP contribution in [0.3, 0.4) is 0 Å². The number of nitrogens with zero attached hydrogens (tertiary/aromatic N) is 3. The Morgan fingerprint density at radius 1 is 1.50 bits per heavy atom. The van der Waals surface area contributed by atoms with Crippen LogP contribution in [0.25, 0.3) is 0 Å². The number of rotatable bonds is 3. The monoisotopic (exact) mass is 208 g/mol. The van der Waals surface area contributed by atoms with E-state index in [0.717, 1.165) is 0 Å². The van der Waals surface area contributed by atoms with Crippen molar-refractivity contribution in [2.45, 2.75) is 0 Å². The average molecular weight is 209 g/mol. The van der Waals surface area contributed by atoms with Crippen LogP contribution in [-0.2, 0) is 10.0 Å². The largest absolute Gasteiger partial charge is 0.256 e. The third-order valence-corrected chi connectivity index (χ3v) is 2.52. The molecule has 0 saturated heterocycles. The lowest BCUT2D eigenvalue weighted by atomic mass is 10.9. The van der Waals surface area contributed by atoms with Crippen LogP contribution in [0.5, 0.6) is 0 Å². The van der Waals surface area contributed by atoms with E-state index in [0.29, 0.717) is 0 Å². The van der Waals surface area contributed by atoms with Crippen molar-refractivity contribution in [1.82, 2.24) is 15.2 Å². The maximum Gasteiger partial charge on any atom is 0.256 e. The summed E-state index contributed by atoms with van der Waals surface area (Å²) in [6, 6.07) is 0. The Balaban J connectivity index is 2.78. The van der Waals surface area contributed by atoms with Crippen LogP contribution < -0.4 is 4.72 Å².